The average Bonchev–Trinajstić information content (AvgIpc) is 2.38. The molecule has 0 spiro atoms. The van der Waals surface area contributed by atoms with Crippen molar-refractivity contribution in [3.05, 3.63) is 41.7 Å². The maximum absolute atomic E-state index is 13.1. The Hall–Kier alpha value is -1.64. The number of hydrogen-bond acceptors (Lipinski definition) is 2. The first-order chi connectivity index (χ1) is 9.08. The summed E-state index contributed by atoms with van der Waals surface area (Å²) in [6, 6.07) is 4.10. The van der Waals surface area contributed by atoms with E-state index in [-0.39, 0.29) is 5.78 Å². The maximum atomic E-state index is 13.1. The van der Waals surface area contributed by atoms with E-state index < -0.39 is 5.82 Å². The predicted octanol–water partition coefficient (Wildman–Crippen LogP) is 4.01. The van der Waals surface area contributed by atoms with Crippen molar-refractivity contribution in [2.75, 3.05) is 6.61 Å². The molecule has 0 saturated heterocycles. The van der Waals surface area contributed by atoms with Gasteiger partial charge in [-0.05, 0) is 49.8 Å². The first-order valence-corrected chi connectivity index (χ1v) is 6.66. The Kier molecular flexibility index (Phi) is 4.35. The average molecular weight is 262 g/mol. The van der Waals surface area contributed by atoms with Gasteiger partial charge in [0.05, 0.1) is 12.2 Å². The van der Waals surface area contributed by atoms with E-state index in [0.717, 1.165) is 12.8 Å². The first-order valence-electron chi connectivity index (χ1n) is 6.66. The number of Topliss-reactive ketones (excluding diaryl/α,β-unsaturated/α-hetero) is 1. The molecule has 19 heavy (non-hydrogen) atoms. The van der Waals surface area contributed by atoms with Gasteiger partial charge < -0.3 is 4.74 Å². The summed E-state index contributed by atoms with van der Waals surface area (Å²) in [5.41, 5.74) is 0.319. The molecule has 0 saturated carbocycles. The van der Waals surface area contributed by atoms with Crippen LogP contribution in [-0.4, -0.2) is 12.4 Å². The SMILES string of the molecule is CC(=O)c1cc(F)ccc1OCC1CC=CCC1C. The van der Waals surface area contributed by atoms with E-state index in [0.29, 0.717) is 29.8 Å². The molecule has 2 nitrogen and oxygen atoms in total. The largest absolute Gasteiger partial charge is 0.493 e. The number of allylic oxidation sites excluding steroid dienone is 2. The fraction of sp³-hybridized carbons (Fsp3) is 0.438. The topological polar surface area (TPSA) is 26.3 Å². The molecule has 1 aromatic carbocycles. The van der Waals surface area contributed by atoms with Gasteiger partial charge in [-0.3, -0.25) is 4.79 Å². The van der Waals surface area contributed by atoms with E-state index in [4.69, 9.17) is 4.74 Å². The zero-order valence-corrected chi connectivity index (χ0v) is 11.4. The number of benzene rings is 1. The summed E-state index contributed by atoms with van der Waals surface area (Å²) in [7, 11) is 0. The van der Waals surface area contributed by atoms with Crippen molar-refractivity contribution in [1.29, 1.82) is 0 Å². The fourth-order valence-corrected chi connectivity index (χ4v) is 2.34. The predicted molar refractivity (Wildman–Crippen MR) is 72.9 cm³/mol. The molecule has 0 heterocycles. The van der Waals surface area contributed by atoms with Crippen LogP contribution >= 0.6 is 0 Å². The van der Waals surface area contributed by atoms with Gasteiger partial charge in [-0.1, -0.05) is 19.1 Å². The van der Waals surface area contributed by atoms with Crippen LogP contribution in [0.25, 0.3) is 0 Å². The fourth-order valence-electron chi connectivity index (χ4n) is 2.34. The first kappa shape index (κ1) is 13.8. The summed E-state index contributed by atoms with van der Waals surface area (Å²) in [4.78, 5) is 11.5. The molecular weight excluding hydrogens is 243 g/mol. The van der Waals surface area contributed by atoms with Crippen LogP contribution in [0.15, 0.2) is 30.4 Å². The third-order valence-corrected chi connectivity index (χ3v) is 3.69. The van der Waals surface area contributed by atoms with Crippen LogP contribution in [0, 0.1) is 17.7 Å². The van der Waals surface area contributed by atoms with Gasteiger partial charge in [-0.2, -0.15) is 0 Å². The number of carbonyl (C=O) groups is 1. The molecule has 0 aliphatic heterocycles. The van der Waals surface area contributed by atoms with E-state index in [1.807, 2.05) is 0 Å². The van der Waals surface area contributed by atoms with Crippen LogP contribution < -0.4 is 4.74 Å². The van der Waals surface area contributed by atoms with Crippen molar-refractivity contribution in [3.63, 3.8) is 0 Å². The van der Waals surface area contributed by atoms with Gasteiger partial charge in [-0.25, -0.2) is 4.39 Å². The lowest BCUT2D eigenvalue weighted by atomic mass is 9.85. The second-order valence-corrected chi connectivity index (χ2v) is 5.19. The molecule has 0 fully saturated rings. The number of ketones is 1. The second-order valence-electron chi connectivity index (χ2n) is 5.19. The lowest BCUT2D eigenvalue weighted by Crippen LogP contribution is -2.21. The summed E-state index contributed by atoms with van der Waals surface area (Å²) >= 11 is 0. The molecule has 2 unspecified atom stereocenters. The Morgan fingerprint density at radius 1 is 1.37 bits per heavy atom. The quantitative estimate of drug-likeness (QED) is 0.605. The van der Waals surface area contributed by atoms with Gasteiger partial charge in [-0.15, -0.1) is 0 Å². The third-order valence-electron chi connectivity index (χ3n) is 3.69. The normalized spacial score (nSPS) is 22.3. The van der Waals surface area contributed by atoms with Crippen LogP contribution in [0.4, 0.5) is 4.39 Å². The molecule has 102 valence electrons. The standard InChI is InChI=1S/C16H19FO2/c1-11-5-3-4-6-13(11)10-19-16-8-7-14(17)9-15(16)12(2)18/h3-4,7-9,11,13H,5-6,10H2,1-2H3. The van der Waals surface area contributed by atoms with E-state index in [2.05, 4.69) is 19.1 Å². The molecular formula is C16H19FO2. The van der Waals surface area contributed by atoms with E-state index in [1.165, 1.54) is 25.1 Å². The highest BCUT2D eigenvalue weighted by molar-refractivity contribution is 5.96. The lowest BCUT2D eigenvalue weighted by Gasteiger charge is -2.25. The lowest BCUT2D eigenvalue weighted by molar-refractivity contribution is 0.101. The molecule has 1 aliphatic carbocycles. The zero-order chi connectivity index (χ0) is 13.8. The minimum Gasteiger partial charge on any atom is -0.493 e. The molecule has 1 aliphatic rings. The van der Waals surface area contributed by atoms with Crippen molar-refractivity contribution < 1.29 is 13.9 Å². The van der Waals surface area contributed by atoms with Gasteiger partial charge in [0.1, 0.15) is 11.6 Å². The number of hydrogen-bond donors (Lipinski definition) is 0. The second kappa shape index (κ2) is 6.00. The Morgan fingerprint density at radius 3 is 2.79 bits per heavy atom. The van der Waals surface area contributed by atoms with Crippen LogP contribution in [0.2, 0.25) is 0 Å². The van der Waals surface area contributed by atoms with Crippen molar-refractivity contribution in [2.45, 2.75) is 26.7 Å². The molecule has 1 aromatic rings. The highest BCUT2D eigenvalue weighted by atomic mass is 19.1. The van der Waals surface area contributed by atoms with E-state index in [1.54, 1.807) is 0 Å². The summed E-state index contributed by atoms with van der Waals surface area (Å²) in [5, 5.41) is 0. The Labute approximate surface area is 113 Å². The van der Waals surface area contributed by atoms with Gasteiger partial charge >= 0.3 is 0 Å². The number of carbonyl (C=O) groups excluding carboxylic acids is 1. The Bertz CT molecular complexity index is 494. The van der Waals surface area contributed by atoms with Crippen LogP contribution in [0.5, 0.6) is 5.75 Å². The highest BCUT2D eigenvalue weighted by Crippen LogP contribution is 2.27. The van der Waals surface area contributed by atoms with Gasteiger partial charge in [0.25, 0.3) is 0 Å². The van der Waals surface area contributed by atoms with Crippen LogP contribution in [0.1, 0.15) is 37.0 Å². The molecule has 0 bridgehead atoms. The van der Waals surface area contributed by atoms with Crippen molar-refractivity contribution in [1.82, 2.24) is 0 Å². The summed E-state index contributed by atoms with van der Waals surface area (Å²) < 4.78 is 18.9. The van der Waals surface area contributed by atoms with Gasteiger partial charge in [0.15, 0.2) is 5.78 Å². The van der Waals surface area contributed by atoms with Crippen LogP contribution in [-0.2, 0) is 0 Å². The molecule has 2 atom stereocenters. The number of halogens is 1. The highest BCUT2D eigenvalue weighted by Gasteiger charge is 2.20. The summed E-state index contributed by atoms with van der Waals surface area (Å²) in [6.07, 6.45) is 6.43. The zero-order valence-electron chi connectivity index (χ0n) is 11.4. The Balaban J connectivity index is 2.07. The maximum Gasteiger partial charge on any atom is 0.163 e. The van der Waals surface area contributed by atoms with E-state index >= 15 is 0 Å². The molecule has 0 aromatic heterocycles. The van der Waals surface area contributed by atoms with Gasteiger partial charge in [0, 0.05) is 0 Å². The third kappa shape index (κ3) is 3.43. The number of rotatable bonds is 4. The molecule has 0 N–H and O–H groups in total. The van der Waals surface area contributed by atoms with E-state index in [9.17, 15) is 9.18 Å². The molecule has 3 heteroatoms. The minimum atomic E-state index is -0.411. The molecule has 2 rings (SSSR count). The van der Waals surface area contributed by atoms with Gasteiger partial charge in [0.2, 0.25) is 0 Å². The van der Waals surface area contributed by atoms with Crippen LogP contribution in [0.3, 0.4) is 0 Å². The Morgan fingerprint density at radius 2 is 2.11 bits per heavy atom. The molecule has 0 amide bonds. The monoisotopic (exact) mass is 262 g/mol. The summed E-state index contributed by atoms with van der Waals surface area (Å²) in [5.74, 6) is 0.925. The van der Waals surface area contributed by atoms with Crippen molar-refractivity contribution >= 4 is 5.78 Å². The summed E-state index contributed by atoms with van der Waals surface area (Å²) in [6.45, 7) is 4.19. The smallest absolute Gasteiger partial charge is 0.163 e. The van der Waals surface area contributed by atoms with Crippen molar-refractivity contribution in [3.8, 4) is 5.75 Å². The number of ether oxygens (including phenoxy) is 1. The van der Waals surface area contributed by atoms with Crippen molar-refractivity contribution in [2.24, 2.45) is 11.8 Å². The molecule has 0 radical (unpaired) electrons. The minimum absolute atomic E-state index is 0.175.